The number of fused-ring (bicyclic) bond motifs is 1. The molecule has 2 aromatic rings. The Hall–Kier alpha value is -1.71. The van der Waals surface area contributed by atoms with Crippen LogP contribution in [0.1, 0.15) is 38.1 Å². The van der Waals surface area contributed by atoms with Crippen LogP contribution in [0, 0.1) is 0 Å². The molecule has 1 aromatic carbocycles. The summed E-state index contributed by atoms with van der Waals surface area (Å²) in [6.45, 7) is 0. The third-order valence-electron chi connectivity index (χ3n) is 3.67. The average Bonchev–Trinajstić information content (AvgIpc) is 2.68. The van der Waals surface area contributed by atoms with E-state index in [-0.39, 0.29) is 5.75 Å². The van der Waals surface area contributed by atoms with E-state index in [2.05, 4.69) is 9.55 Å². The fourth-order valence-electron chi connectivity index (χ4n) is 2.84. The third-order valence-corrected chi connectivity index (χ3v) is 3.67. The van der Waals surface area contributed by atoms with E-state index in [0.717, 1.165) is 18.4 Å². The maximum atomic E-state index is 9.78. The van der Waals surface area contributed by atoms with Gasteiger partial charge in [-0.3, -0.25) is 0 Å². The minimum Gasteiger partial charge on any atom is -0.506 e. The summed E-state index contributed by atoms with van der Waals surface area (Å²) in [7, 11) is 0. The van der Waals surface area contributed by atoms with Crippen LogP contribution in [0.25, 0.3) is 11.0 Å². The molecule has 0 atom stereocenters. The number of imidazole rings is 1. The van der Waals surface area contributed by atoms with Crippen molar-refractivity contribution in [3.8, 4) is 5.75 Å². The second-order valence-corrected chi connectivity index (χ2v) is 4.78. The van der Waals surface area contributed by atoms with Crippen LogP contribution in [0.3, 0.4) is 0 Å². The van der Waals surface area contributed by atoms with Crippen molar-refractivity contribution in [2.24, 2.45) is 0 Å². The average molecular weight is 231 g/mol. The molecule has 4 heteroatoms. The van der Waals surface area contributed by atoms with Gasteiger partial charge in [-0.2, -0.15) is 0 Å². The summed E-state index contributed by atoms with van der Waals surface area (Å²) in [5.74, 6) is 0.733. The monoisotopic (exact) mass is 231 g/mol. The zero-order chi connectivity index (χ0) is 11.8. The van der Waals surface area contributed by atoms with Crippen molar-refractivity contribution in [2.75, 3.05) is 5.73 Å². The highest BCUT2D eigenvalue weighted by Gasteiger charge is 2.20. The Morgan fingerprint density at radius 1 is 1.24 bits per heavy atom. The lowest BCUT2D eigenvalue weighted by molar-refractivity contribution is 0.363. The number of para-hydroxylation sites is 1. The predicted octanol–water partition coefficient (Wildman–Crippen LogP) is 2.83. The van der Waals surface area contributed by atoms with Crippen LogP contribution in [0.5, 0.6) is 5.75 Å². The molecule has 4 nitrogen and oxygen atoms in total. The predicted molar refractivity (Wildman–Crippen MR) is 67.9 cm³/mol. The van der Waals surface area contributed by atoms with Gasteiger partial charge in [0.2, 0.25) is 5.95 Å². The molecule has 0 spiro atoms. The molecule has 1 aliphatic rings. The normalized spacial score (nSPS) is 17.6. The van der Waals surface area contributed by atoms with Gasteiger partial charge in [-0.25, -0.2) is 4.98 Å². The van der Waals surface area contributed by atoms with E-state index in [0.29, 0.717) is 17.5 Å². The van der Waals surface area contributed by atoms with E-state index in [1.807, 2.05) is 12.1 Å². The van der Waals surface area contributed by atoms with Gasteiger partial charge in [-0.1, -0.05) is 25.3 Å². The zero-order valence-electron chi connectivity index (χ0n) is 9.76. The Balaban J connectivity index is 2.14. The van der Waals surface area contributed by atoms with E-state index in [1.54, 1.807) is 6.07 Å². The van der Waals surface area contributed by atoms with E-state index in [9.17, 15) is 5.11 Å². The Kier molecular flexibility index (Phi) is 2.42. The van der Waals surface area contributed by atoms with Crippen LogP contribution in [-0.2, 0) is 0 Å². The number of nitrogens with two attached hydrogens (primary N) is 1. The number of phenolic OH excluding ortho intramolecular Hbond substituents is 1. The van der Waals surface area contributed by atoms with Crippen molar-refractivity contribution < 1.29 is 5.11 Å². The standard InChI is InChI=1S/C13H17N3O/c14-13-15-12-10(7-4-8-11(12)17)16(13)9-5-2-1-3-6-9/h4,7-9,17H,1-3,5-6H2,(H2,14,15). The van der Waals surface area contributed by atoms with Crippen LogP contribution in [0.15, 0.2) is 18.2 Å². The highest BCUT2D eigenvalue weighted by atomic mass is 16.3. The Morgan fingerprint density at radius 3 is 2.76 bits per heavy atom. The van der Waals surface area contributed by atoms with E-state index in [4.69, 9.17) is 5.73 Å². The topological polar surface area (TPSA) is 64.1 Å². The Labute approximate surface area is 100 Å². The van der Waals surface area contributed by atoms with Gasteiger partial charge in [-0.05, 0) is 25.0 Å². The molecule has 1 heterocycles. The highest BCUT2D eigenvalue weighted by molar-refractivity contribution is 5.84. The summed E-state index contributed by atoms with van der Waals surface area (Å²) in [6.07, 6.45) is 6.14. The molecule has 0 aliphatic heterocycles. The van der Waals surface area contributed by atoms with Crippen molar-refractivity contribution in [1.29, 1.82) is 0 Å². The number of nitrogens with zero attached hydrogens (tertiary/aromatic N) is 2. The highest BCUT2D eigenvalue weighted by Crippen LogP contribution is 2.35. The second-order valence-electron chi connectivity index (χ2n) is 4.78. The van der Waals surface area contributed by atoms with E-state index < -0.39 is 0 Å². The number of phenols is 1. The van der Waals surface area contributed by atoms with Gasteiger partial charge in [-0.15, -0.1) is 0 Å². The number of rotatable bonds is 1. The largest absolute Gasteiger partial charge is 0.506 e. The second kappa shape index (κ2) is 3.95. The number of aromatic nitrogens is 2. The van der Waals surface area contributed by atoms with E-state index in [1.165, 1.54) is 19.3 Å². The lowest BCUT2D eigenvalue weighted by Crippen LogP contribution is -2.14. The minimum absolute atomic E-state index is 0.212. The number of hydrogen-bond acceptors (Lipinski definition) is 3. The number of anilines is 1. The smallest absolute Gasteiger partial charge is 0.201 e. The van der Waals surface area contributed by atoms with Crippen LogP contribution in [-0.4, -0.2) is 14.7 Å². The zero-order valence-corrected chi connectivity index (χ0v) is 9.76. The fourth-order valence-corrected chi connectivity index (χ4v) is 2.84. The molecule has 0 saturated heterocycles. The van der Waals surface area contributed by atoms with Crippen LogP contribution in [0.2, 0.25) is 0 Å². The molecule has 0 bridgehead atoms. The fraction of sp³-hybridized carbons (Fsp3) is 0.462. The maximum Gasteiger partial charge on any atom is 0.201 e. The van der Waals surface area contributed by atoms with Gasteiger partial charge < -0.3 is 15.4 Å². The molecule has 3 N–H and O–H groups in total. The molecule has 0 amide bonds. The molecule has 1 aromatic heterocycles. The van der Waals surface area contributed by atoms with Crippen molar-refractivity contribution in [2.45, 2.75) is 38.1 Å². The minimum atomic E-state index is 0.212. The SMILES string of the molecule is Nc1nc2c(O)cccc2n1C1CCCCC1. The lowest BCUT2D eigenvalue weighted by atomic mass is 9.95. The molecule has 0 unspecified atom stereocenters. The molecule has 17 heavy (non-hydrogen) atoms. The summed E-state index contributed by atoms with van der Waals surface area (Å²) in [6, 6.07) is 5.92. The molecule has 1 aliphatic carbocycles. The van der Waals surface area contributed by atoms with Gasteiger partial charge in [0.05, 0.1) is 5.52 Å². The number of aromatic hydroxyl groups is 1. The van der Waals surface area contributed by atoms with Crippen molar-refractivity contribution in [1.82, 2.24) is 9.55 Å². The van der Waals surface area contributed by atoms with Crippen molar-refractivity contribution in [3.63, 3.8) is 0 Å². The number of benzene rings is 1. The molecular weight excluding hydrogens is 214 g/mol. The third kappa shape index (κ3) is 1.64. The molecular formula is C13H17N3O. The molecule has 3 rings (SSSR count). The lowest BCUT2D eigenvalue weighted by Gasteiger charge is -2.24. The van der Waals surface area contributed by atoms with Crippen LogP contribution >= 0.6 is 0 Å². The van der Waals surface area contributed by atoms with Crippen LogP contribution < -0.4 is 5.73 Å². The van der Waals surface area contributed by atoms with Gasteiger partial charge >= 0.3 is 0 Å². The molecule has 1 saturated carbocycles. The molecule has 90 valence electrons. The summed E-state index contributed by atoms with van der Waals surface area (Å²) < 4.78 is 2.09. The number of nitrogen functional groups attached to an aromatic ring is 1. The maximum absolute atomic E-state index is 9.78. The van der Waals surface area contributed by atoms with E-state index >= 15 is 0 Å². The van der Waals surface area contributed by atoms with Crippen molar-refractivity contribution >= 4 is 17.0 Å². The Morgan fingerprint density at radius 2 is 2.00 bits per heavy atom. The van der Waals surface area contributed by atoms with Gasteiger partial charge in [0.1, 0.15) is 11.3 Å². The van der Waals surface area contributed by atoms with Gasteiger partial charge in [0.25, 0.3) is 0 Å². The summed E-state index contributed by atoms with van der Waals surface area (Å²) >= 11 is 0. The summed E-state index contributed by atoms with van der Waals surface area (Å²) in [4.78, 5) is 4.28. The number of hydrogen-bond donors (Lipinski definition) is 2. The quantitative estimate of drug-likeness (QED) is 0.793. The van der Waals surface area contributed by atoms with Gasteiger partial charge in [0, 0.05) is 6.04 Å². The van der Waals surface area contributed by atoms with Crippen molar-refractivity contribution in [3.05, 3.63) is 18.2 Å². The first-order chi connectivity index (χ1) is 8.27. The van der Waals surface area contributed by atoms with Gasteiger partial charge in [0.15, 0.2) is 0 Å². The summed E-state index contributed by atoms with van der Waals surface area (Å²) in [5.41, 5.74) is 7.57. The first-order valence-corrected chi connectivity index (χ1v) is 6.23. The first kappa shape index (κ1) is 10.4. The first-order valence-electron chi connectivity index (χ1n) is 6.23. The Bertz CT molecular complexity index is 541. The summed E-state index contributed by atoms with van der Waals surface area (Å²) in [5, 5.41) is 9.78. The molecule has 1 fully saturated rings. The molecule has 0 radical (unpaired) electrons. The van der Waals surface area contributed by atoms with Crippen LogP contribution in [0.4, 0.5) is 5.95 Å².